The van der Waals surface area contributed by atoms with Gasteiger partial charge in [-0.3, -0.25) is 0 Å². The van der Waals surface area contributed by atoms with Crippen molar-refractivity contribution in [1.82, 2.24) is 5.32 Å². The Labute approximate surface area is 106 Å². The van der Waals surface area contributed by atoms with E-state index in [0.29, 0.717) is 5.41 Å². The smallest absolute Gasteiger partial charge is 0.0210 e. The summed E-state index contributed by atoms with van der Waals surface area (Å²) < 4.78 is 1.30. The lowest BCUT2D eigenvalue weighted by atomic mass is 9.56. The third kappa shape index (κ3) is 1.82. The average molecular weight is 280 g/mol. The van der Waals surface area contributed by atoms with Gasteiger partial charge in [-0.1, -0.05) is 34.1 Å². The molecule has 1 aliphatic heterocycles. The molecule has 0 radical (unpaired) electrons. The van der Waals surface area contributed by atoms with E-state index in [-0.39, 0.29) is 0 Å². The SMILES string of the molecule is Brc1ccccc1C1CC2(CCNCC2)C1. The highest BCUT2D eigenvalue weighted by Gasteiger charge is 2.45. The third-order valence-corrected chi connectivity index (χ3v) is 5.09. The monoisotopic (exact) mass is 279 g/mol. The number of hydrogen-bond donors (Lipinski definition) is 1. The van der Waals surface area contributed by atoms with Crippen molar-refractivity contribution in [2.24, 2.45) is 5.41 Å². The van der Waals surface area contributed by atoms with E-state index >= 15 is 0 Å². The molecule has 1 saturated heterocycles. The van der Waals surface area contributed by atoms with E-state index in [1.165, 1.54) is 48.8 Å². The van der Waals surface area contributed by atoms with Gasteiger partial charge in [-0.15, -0.1) is 0 Å². The van der Waals surface area contributed by atoms with Gasteiger partial charge in [0.1, 0.15) is 0 Å². The highest BCUT2D eigenvalue weighted by atomic mass is 79.9. The molecule has 0 aromatic heterocycles. The summed E-state index contributed by atoms with van der Waals surface area (Å²) in [6, 6.07) is 8.71. The van der Waals surface area contributed by atoms with E-state index in [2.05, 4.69) is 45.5 Å². The normalized spacial score (nSPS) is 24.3. The lowest BCUT2D eigenvalue weighted by Gasteiger charge is -2.51. The number of halogens is 1. The molecule has 0 bridgehead atoms. The fourth-order valence-electron chi connectivity index (χ4n) is 3.38. The first kappa shape index (κ1) is 10.8. The van der Waals surface area contributed by atoms with Crippen molar-refractivity contribution in [2.75, 3.05) is 13.1 Å². The number of hydrogen-bond acceptors (Lipinski definition) is 1. The maximum Gasteiger partial charge on any atom is 0.0210 e. The first-order chi connectivity index (χ1) is 7.79. The molecule has 86 valence electrons. The Morgan fingerprint density at radius 3 is 2.50 bits per heavy atom. The molecule has 1 N–H and O–H groups in total. The molecule has 1 nitrogen and oxygen atoms in total. The van der Waals surface area contributed by atoms with Crippen molar-refractivity contribution in [2.45, 2.75) is 31.6 Å². The zero-order valence-corrected chi connectivity index (χ0v) is 11.1. The number of nitrogens with one attached hydrogen (secondary N) is 1. The maximum absolute atomic E-state index is 3.67. The molecule has 1 saturated carbocycles. The van der Waals surface area contributed by atoms with E-state index in [9.17, 15) is 0 Å². The summed E-state index contributed by atoms with van der Waals surface area (Å²) in [7, 11) is 0. The second kappa shape index (κ2) is 4.15. The summed E-state index contributed by atoms with van der Waals surface area (Å²) in [5.74, 6) is 0.800. The van der Waals surface area contributed by atoms with Gasteiger partial charge in [0, 0.05) is 4.47 Å². The maximum atomic E-state index is 3.67. The van der Waals surface area contributed by atoms with Gasteiger partial charge in [-0.05, 0) is 61.7 Å². The van der Waals surface area contributed by atoms with Gasteiger partial charge in [0.15, 0.2) is 0 Å². The van der Waals surface area contributed by atoms with Crippen molar-refractivity contribution >= 4 is 15.9 Å². The van der Waals surface area contributed by atoms with E-state index in [1.54, 1.807) is 0 Å². The zero-order chi connectivity index (χ0) is 11.0. The van der Waals surface area contributed by atoms with Crippen molar-refractivity contribution < 1.29 is 0 Å². The molecule has 2 aliphatic rings. The van der Waals surface area contributed by atoms with Crippen molar-refractivity contribution in [1.29, 1.82) is 0 Å². The largest absolute Gasteiger partial charge is 0.317 e. The van der Waals surface area contributed by atoms with Gasteiger partial charge >= 0.3 is 0 Å². The van der Waals surface area contributed by atoms with Crippen molar-refractivity contribution in [3.05, 3.63) is 34.3 Å². The first-order valence-corrected chi connectivity index (χ1v) is 7.04. The minimum Gasteiger partial charge on any atom is -0.317 e. The Balaban J connectivity index is 1.71. The van der Waals surface area contributed by atoms with Crippen molar-refractivity contribution in [3.8, 4) is 0 Å². The molecule has 1 aromatic rings. The highest BCUT2D eigenvalue weighted by Crippen LogP contribution is 2.56. The van der Waals surface area contributed by atoms with Gasteiger partial charge in [0.25, 0.3) is 0 Å². The Kier molecular flexibility index (Phi) is 2.80. The van der Waals surface area contributed by atoms with Crippen LogP contribution in [0, 0.1) is 5.41 Å². The fourth-order valence-corrected chi connectivity index (χ4v) is 3.99. The Morgan fingerprint density at radius 2 is 1.81 bits per heavy atom. The molecule has 3 rings (SSSR count). The molecule has 1 aromatic carbocycles. The quantitative estimate of drug-likeness (QED) is 0.827. The van der Waals surface area contributed by atoms with Crippen LogP contribution in [-0.4, -0.2) is 13.1 Å². The van der Waals surface area contributed by atoms with Crippen LogP contribution in [-0.2, 0) is 0 Å². The molecule has 0 amide bonds. The van der Waals surface area contributed by atoms with E-state index in [1.807, 2.05) is 0 Å². The van der Waals surface area contributed by atoms with Gasteiger partial charge in [0.2, 0.25) is 0 Å². The highest BCUT2D eigenvalue weighted by molar-refractivity contribution is 9.10. The van der Waals surface area contributed by atoms with Crippen LogP contribution in [0.3, 0.4) is 0 Å². The van der Waals surface area contributed by atoms with Crippen LogP contribution in [0.4, 0.5) is 0 Å². The van der Waals surface area contributed by atoms with Crippen LogP contribution < -0.4 is 5.32 Å². The lowest BCUT2D eigenvalue weighted by molar-refractivity contribution is 0.0601. The standard InChI is InChI=1S/C14H18BrN/c15-13-4-2-1-3-12(13)11-9-14(10-11)5-7-16-8-6-14/h1-4,11,16H,5-10H2. The predicted octanol–water partition coefficient (Wildman–Crippen LogP) is 3.70. The topological polar surface area (TPSA) is 12.0 Å². The van der Waals surface area contributed by atoms with Gasteiger partial charge in [0.05, 0.1) is 0 Å². The van der Waals surface area contributed by atoms with Crippen LogP contribution >= 0.6 is 15.9 Å². The Morgan fingerprint density at radius 1 is 1.12 bits per heavy atom. The first-order valence-electron chi connectivity index (χ1n) is 6.24. The Hall–Kier alpha value is -0.340. The number of benzene rings is 1. The predicted molar refractivity (Wildman–Crippen MR) is 70.7 cm³/mol. The van der Waals surface area contributed by atoms with E-state index in [0.717, 1.165) is 5.92 Å². The van der Waals surface area contributed by atoms with Crippen LogP contribution in [0.5, 0.6) is 0 Å². The third-order valence-electron chi connectivity index (χ3n) is 4.37. The number of rotatable bonds is 1. The summed E-state index contributed by atoms with van der Waals surface area (Å²) in [6.07, 6.45) is 5.57. The molecule has 16 heavy (non-hydrogen) atoms. The molecule has 1 spiro atoms. The summed E-state index contributed by atoms with van der Waals surface area (Å²) >= 11 is 3.67. The molecule has 0 atom stereocenters. The van der Waals surface area contributed by atoms with Crippen LogP contribution in [0.15, 0.2) is 28.7 Å². The second-order valence-corrected chi connectivity index (χ2v) is 6.23. The zero-order valence-electron chi connectivity index (χ0n) is 9.51. The minimum atomic E-state index is 0.686. The molecular formula is C14H18BrN. The average Bonchev–Trinajstić information content (AvgIpc) is 2.28. The lowest BCUT2D eigenvalue weighted by Crippen LogP contribution is -2.44. The van der Waals surface area contributed by atoms with Crippen LogP contribution in [0.1, 0.15) is 37.2 Å². The number of piperidine rings is 1. The van der Waals surface area contributed by atoms with Gasteiger partial charge in [-0.2, -0.15) is 0 Å². The molecular weight excluding hydrogens is 262 g/mol. The Bertz CT molecular complexity index is 374. The van der Waals surface area contributed by atoms with Gasteiger partial charge in [-0.25, -0.2) is 0 Å². The summed E-state index contributed by atoms with van der Waals surface area (Å²) in [5, 5.41) is 3.46. The summed E-state index contributed by atoms with van der Waals surface area (Å²) in [6.45, 7) is 2.45. The molecule has 2 fully saturated rings. The molecule has 1 aliphatic carbocycles. The molecule has 1 heterocycles. The minimum absolute atomic E-state index is 0.686. The van der Waals surface area contributed by atoms with Crippen LogP contribution in [0.2, 0.25) is 0 Å². The van der Waals surface area contributed by atoms with E-state index in [4.69, 9.17) is 0 Å². The van der Waals surface area contributed by atoms with E-state index < -0.39 is 0 Å². The summed E-state index contributed by atoms with van der Waals surface area (Å²) in [5.41, 5.74) is 2.21. The molecule has 0 unspecified atom stereocenters. The van der Waals surface area contributed by atoms with Gasteiger partial charge < -0.3 is 5.32 Å². The summed E-state index contributed by atoms with van der Waals surface area (Å²) in [4.78, 5) is 0. The van der Waals surface area contributed by atoms with Crippen molar-refractivity contribution in [3.63, 3.8) is 0 Å². The fraction of sp³-hybridized carbons (Fsp3) is 0.571. The second-order valence-electron chi connectivity index (χ2n) is 5.38. The van der Waals surface area contributed by atoms with Crippen LogP contribution in [0.25, 0.3) is 0 Å². The molecule has 2 heteroatoms.